The number of hydrogen-bond acceptors (Lipinski definition) is 17. The van der Waals surface area contributed by atoms with Crippen LogP contribution in [0.25, 0.3) is 33.4 Å². The molecular formula is C40H37N5O17PS-. The van der Waals surface area contributed by atoms with Crippen molar-refractivity contribution in [1.82, 2.24) is 25.3 Å². The molecule has 3 aromatic rings. The predicted molar refractivity (Wildman–Crippen MR) is 221 cm³/mol. The average molecular weight is 923 g/mol. The molecule has 0 saturated carbocycles. The predicted octanol–water partition coefficient (Wildman–Crippen LogP) is 0.989. The summed E-state index contributed by atoms with van der Waals surface area (Å²) in [5.41, 5.74) is 3.42. The van der Waals surface area contributed by atoms with Gasteiger partial charge in [0.1, 0.15) is 29.4 Å². The summed E-state index contributed by atoms with van der Waals surface area (Å²) in [6.07, 6.45) is -2.86. The number of ether oxygens (including phenoxy) is 1. The van der Waals surface area contributed by atoms with Crippen LogP contribution in [0.5, 0.6) is 5.75 Å². The minimum atomic E-state index is -4.94. The van der Waals surface area contributed by atoms with Gasteiger partial charge in [0.25, 0.3) is 19.3 Å². The van der Waals surface area contributed by atoms with Crippen LogP contribution in [0.2, 0.25) is 0 Å². The van der Waals surface area contributed by atoms with Gasteiger partial charge < -0.3 is 38.4 Å². The molecule has 4 amide bonds. The van der Waals surface area contributed by atoms with E-state index in [0.29, 0.717) is 16.5 Å². The number of rotatable bonds is 15. The zero-order valence-electron chi connectivity index (χ0n) is 33.3. The molecule has 1 aliphatic carbocycles. The fourth-order valence-electron chi connectivity index (χ4n) is 7.10. The van der Waals surface area contributed by atoms with Crippen molar-refractivity contribution in [2.75, 3.05) is 25.5 Å². The molecule has 24 heteroatoms. The maximum atomic E-state index is 13.2. The van der Waals surface area contributed by atoms with Crippen molar-refractivity contribution >= 4 is 60.2 Å². The monoisotopic (exact) mass is 922 g/mol. The molecule has 4 aliphatic rings. The Balaban J connectivity index is 0.884. The van der Waals surface area contributed by atoms with Crippen molar-refractivity contribution in [3.8, 4) is 28.2 Å². The molecule has 1 aromatic heterocycles. The fraction of sp³-hybridized carbons (Fsp3) is 0.300. The second kappa shape index (κ2) is 18.7. The number of hydrogen-bond donors (Lipinski definition) is 6. The molecule has 0 spiro atoms. The largest absolute Gasteiger partial charge is 0.756 e. The summed E-state index contributed by atoms with van der Waals surface area (Å²) in [7, 11) is -4.94. The van der Waals surface area contributed by atoms with Crippen LogP contribution in [0.1, 0.15) is 51.8 Å². The third kappa shape index (κ3) is 10.00. The Hall–Kier alpha value is -6.46. The van der Waals surface area contributed by atoms with E-state index in [1.165, 1.54) is 67.7 Å². The van der Waals surface area contributed by atoms with E-state index in [9.17, 15) is 63.1 Å². The Morgan fingerprint density at radius 2 is 1.80 bits per heavy atom. The van der Waals surface area contributed by atoms with Crippen molar-refractivity contribution < 1.29 is 67.0 Å². The molecule has 2 fully saturated rings. The molecule has 5 atom stereocenters. The number of phenolic OH excluding ortho intramolecular Hbond substituents is 1. The first kappa shape index (κ1) is 45.6. The van der Waals surface area contributed by atoms with Gasteiger partial charge in [-0.3, -0.25) is 58.6 Å². The van der Waals surface area contributed by atoms with Gasteiger partial charge in [-0.15, -0.1) is 11.8 Å². The van der Waals surface area contributed by atoms with Gasteiger partial charge in [0.15, 0.2) is 5.43 Å². The van der Waals surface area contributed by atoms with Crippen molar-refractivity contribution in [2.24, 2.45) is 0 Å². The zero-order valence-corrected chi connectivity index (χ0v) is 35.1. The van der Waals surface area contributed by atoms with Crippen molar-refractivity contribution in [3.05, 3.63) is 109 Å². The molecule has 6 N–H and O–H groups in total. The Morgan fingerprint density at radius 1 is 1.02 bits per heavy atom. The highest BCUT2D eigenvalue weighted by Gasteiger charge is 2.39. The highest BCUT2D eigenvalue weighted by atomic mass is 32.2. The topological polar surface area (TPSA) is 326 Å². The number of carboxylic acid groups (broad SMARTS) is 1. The van der Waals surface area contributed by atoms with Crippen LogP contribution in [0, 0.1) is 6.92 Å². The van der Waals surface area contributed by atoms with E-state index in [1.54, 1.807) is 0 Å². The molecule has 2 unspecified atom stereocenters. The summed E-state index contributed by atoms with van der Waals surface area (Å²) in [4.78, 5) is 115. The second-order valence-corrected chi connectivity index (χ2v) is 17.3. The molecule has 64 heavy (non-hydrogen) atoms. The number of carboxylic acids is 1. The first-order chi connectivity index (χ1) is 30.4. The van der Waals surface area contributed by atoms with Crippen LogP contribution in [0.3, 0.4) is 0 Å². The number of nitrogens with one attached hydrogen (secondary N) is 3. The number of aromatic amines is 1. The number of H-pyrrole nitrogens is 1. The highest BCUT2D eigenvalue weighted by molar-refractivity contribution is 8.00. The van der Waals surface area contributed by atoms with Gasteiger partial charge in [-0.25, -0.2) is 9.59 Å². The Labute approximate surface area is 363 Å². The first-order valence-corrected chi connectivity index (χ1v) is 21.8. The summed E-state index contributed by atoms with van der Waals surface area (Å²) in [5.74, 6) is -4.32. The van der Waals surface area contributed by atoms with Gasteiger partial charge in [-0.1, -0.05) is 0 Å². The number of fused-ring (bicyclic) bond motifs is 2. The summed E-state index contributed by atoms with van der Waals surface area (Å²) < 4.78 is 34.6. The van der Waals surface area contributed by atoms with Crippen molar-refractivity contribution in [2.45, 2.75) is 49.9 Å². The Bertz CT molecular complexity index is 2900. The van der Waals surface area contributed by atoms with E-state index in [-0.39, 0.29) is 69.9 Å². The van der Waals surface area contributed by atoms with Crippen molar-refractivity contribution in [3.63, 3.8) is 0 Å². The van der Waals surface area contributed by atoms with Gasteiger partial charge in [0.2, 0.25) is 17.7 Å². The number of hydrazine groups is 1. The van der Waals surface area contributed by atoms with Gasteiger partial charge in [0.05, 0.1) is 30.1 Å². The fourth-order valence-corrected chi connectivity index (χ4v) is 8.93. The van der Waals surface area contributed by atoms with Gasteiger partial charge >= 0.3 is 11.7 Å². The number of aromatic carboxylic acids is 1. The maximum Gasteiger partial charge on any atom is 0.336 e. The van der Waals surface area contributed by atoms with E-state index in [2.05, 4.69) is 15.8 Å². The Morgan fingerprint density at radius 3 is 2.56 bits per heavy atom. The van der Waals surface area contributed by atoms with E-state index in [4.69, 9.17) is 18.2 Å². The number of phosphoric ester groups is 1. The third-order valence-corrected chi connectivity index (χ3v) is 12.4. The number of aromatic nitrogens is 2. The second-order valence-electron chi connectivity index (χ2n) is 14.6. The first-order valence-electron chi connectivity index (χ1n) is 19.3. The number of benzene rings is 3. The molecule has 3 aliphatic heterocycles. The molecule has 336 valence electrons. The van der Waals surface area contributed by atoms with Crippen LogP contribution in [0.15, 0.2) is 79.6 Å². The smallest absolute Gasteiger partial charge is 0.336 e. The number of amides is 4. The third-order valence-electron chi connectivity index (χ3n) is 10.2. The standard InChI is InChI=1S/C40H38N5O17PS/c1-19-17-45(40(56)41-36(19)51)34-15-27(48)30(62-34)18-60-63(57,58)59-10-11-64-31-16-33(50)44(38(31)53)9-8-32(49)42-43-37(52)20-2-5-23(39(54)55)26(12-20)35-24-6-3-21(46)13-28(24)61-29-14-22(47)4-7-25(29)35/h2-7,12-14,17,27,30-31,34,46,48H,8-11,15-16,18H2,1H3,(H,42,49)(H,43,52)(H,54,55)(H,57,58)(H,41,51,56)/p-1/t27-,30-,31?,34-/m1/s1. The molecule has 2 aromatic carbocycles. The lowest BCUT2D eigenvalue weighted by molar-refractivity contribution is -0.228. The minimum absolute atomic E-state index is 0.0622. The molecule has 0 bridgehead atoms. The SMILES string of the molecule is Cc1cn([C@H]2C[C@@H](O)[C@@H](COP(=O)([O-])OCCSC3CC(=O)N(CCC(=O)NNC(=O)c4ccc(C(=O)O)c(-c5c6ccc(=O)cc-6oc6cc(O)ccc56)c4)C3=O)O2)c(=O)[nH]c1=O. The summed E-state index contributed by atoms with van der Waals surface area (Å²) in [5, 5.41) is 30.0. The zero-order chi connectivity index (χ0) is 46.0. The van der Waals surface area contributed by atoms with E-state index < -0.39 is 92.0 Å². The van der Waals surface area contributed by atoms with E-state index in [1.807, 2.05) is 0 Å². The lowest BCUT2D eigenvalue weighted by Crippen LogP contribution is -2.43. The number of aryl methyl sites for hydroxylation is 1. The molecule has 4 heterocycles. The maximum absolute atomic E-state index is 13.2. The van der Waals surface area contributed by atoms with Crippen LogP contribution >= 0.6 is 19.6 Å². The summed E-state index contributed by atoms with van der Waals surface area (Å²) in [6.45, 7) is 0.0253. The lowest BCUT2D eigenvalue weighted by Gasteiger charge is -2.25. The number of carbonyl (C=O) groups excluding carboxylic acids is 4. The number of aliphatic hydroxyl groups excluding tert-OH is 1. The normalized spacial score (nSPS) is 19.6. The number of aliphatic hydroxyl groups is 1. The molecule has 7 rings (SSSR count). The van der Waals surface area contributed by atoms with Crippen LogP contribution in [-0.4, -0.2) is 102 Å². The van der Waals surface area contributed by atoms with Crippen LogP contribution in [0.4, 0.5) is 0 Å². The number of thioether (sulfide) groups is 1. The quantitative estimate of drug-likeness (QED) is 0.0280. The van der Waals surface area contributed by atoms with Gasteiger partial charge in [-0.05, 0) is 55.0 Å². The van der Waals surface area contributed by atoms with Gasteiger partial charge in [0, 0.05) is 77.5 Å². The minimum Gasteiger partial charge on any atom is -0.756 e. The van der Waals surface area contributed by atoms with Gasteiger partial charge in [-0.2, -0.15) is 0 Å². The number of likely N-dealkylation sites (tertiary alicyclic amines) is 1. The van der Waals surface area contributed by atoms with Crippen LogP contribution in [-0.2, 0) is 32.7 Å². The average Bonchev–Trinajstić information content (AvgIpc) is 3.75. The number of phosphoric acid groups is 1. The summed E-state index contributed by atoms with van der Waals surface area (Å²) >= 11 is 0.937. The molecule has 2 saturated heterocycles. The van der Waals surface area contributed by atoms with E-state index >= 15 is 0 Å². The molecule has 22 nitrogen and oxygen atoms in total. The number of aromatic hydroxyl groups is 1. The number of nitrogens with zero attached hydrogens (tertiary/aromatic N) is 2. The van der Waals surface area contributed by atoms with Crippen LogP contribution < -0.4 is 32.4 Å². The number of imide groups is 1. The summed E-state index contributed by atoms with van der Waals surface area (Å²) in [6, 6.07) is 11.7. The van der Waals surface area contributed by atoms with E-state index in [0.717, 1.165) is 21.2 Å². The molecular weight excluding hydrogens is 885 g/mol. The number of phenols is 1. The molecule has 0 radical (unpaired) electrons. The van der Waals surface area contributed by atoms with Crippen molar-refractivity contribution in [1.29, 1.82) is 0 Å². The highest BCUT2D eigenvalue weighted by Crippen LogP contribution is 2.43. The number of carbonyl (C=O) groups is 5. The Kier molecular flexibility index (Phi) is 13.3. The lowest BCUT2D eigenvalue weighted by atomic mass is 9.89.